The first-order valence-electron chi connectivity index (χ1n) is 5.73. The average molecular weight is 357 g/mol. The fraction of sp³-hybridized carbons (Fsp3) is 0.167. The van der Waals surface area contributed by atoms with E-state index in [0.29, 0.717) is 4.47 Å². The molecule has 0 radical (unpaired) electrons. The number of anilines is 1. The maximum atomic E-state index is 12.4. The van der Waals surface area contributed by atoms with Gasteiger partial charge in [-0.2, -0.15) is 0 Å². The molecule has 0 bridgehead atoms. The SMILES string of the molecule is Cc1cc(CN)cc(S(=O)(=O)Nc2ncccn2)c1Br. The zero-order chi connectivity index (χ0) is 14.8. The molecular formula is C12H13BrN4O2S. The Morgan fingerprint density at radius 3 is 2.55 bits per heavy atom. The first-order chi connectivity index (χ1) is 9.44. The van der Waals surface area contributed by atoms with Gasteiger partial charge in [0.2, 0.25) is 5.95 Å². The van der Waals surface area contributed by atoms with Crippen LogP contribution in [-0.4, -0.2) is 18.4 Å². The summed E-state index contributed by atoms with van der Waals surface area (Å²) in [5.41, 5.74) is 7.11. The first kappa shape index (κ1) is 14.9. The summed E-state index contributed by atoms with van der Waals surface area (Å²) in [5.74, 6) is 0.0233. The Morgan fingerprint density at radius 1 is 1.30 bits per heavy atom. The quantitative estimate of drug-likeness (QED) is 0.870. The minimum Gasteiger partial charge on any atom is -0.326 e. The number of aryl methyl sites for hydroxylation is 1. The number of nitrogens with one attached hydrogen (secondary N) is 1. The molecule has 3 N–H and O–H groups in total. The predicted molar refractivity (Wildman–Crippen MR) is 79.6 cm³/mol. The normalized spacial score (nSPS) is 11.3. The van der Waals surface area contributed by atoms with Gasteiger partial charge in [0, 0.05) is 23.4 Å². The van der Waals surface area contributed by atoms with E-state index in [1.165, 1.54) is 18.5 Å². The minimum atomic E-state index is -3.78. The molecule has 1 aromatic heterocycles. The third-order valence-corrected chi connectivity index (χ3v) is 5.26. The third kappa shape index (κ3) is 3.14. The Morgan fingerprint density at radius 2 is 1.95 bits per heavy atom. The summed E-state index contributed by atoms with van der Waals surface area (Å²) in [6, 6.07) is 4.97. The highest BCUT2D eigenvalue weighted by Gasteiger charge is 2.20. The van der Waals surface area contributed by atoms with Gasteiger partial charge in [-0.25, -0.2) is 23.1 Å². The molecule has 2 rings (SSSR count). The van der Waals surface area contributed by atoms with Gasteiger partial charge < -0.3 is 5.73 Å². The Labute approximate surface area is 125 Å². The molecular weight excluding hydrogens is 344 g/mol. The second kappa shape index (κ2) is 5.86. The van der Waals surface area contributed by atoms with Crippen molar-refractivity contribution >= 4 is 31.9 Å². The lowest BCUT2D eigenvalue weighted by Gasteiger charge is -2.11. The number of aromatic nitrogens is 2. The van der Waals surface area contributed by atoms with Crippen LogP contribution >= 0.6 is 15.9 Å². The highest BCUT2D eigenvalue weighted by atomic mass is 79.9. The van der Waals surface area contributed by atoms with Crippen molar-refractivity contribution in [1.82, 2.24) is 9.97 Å². The molecule has 8 heteroatoms. The van der Waals surface area contributed by atoms with Gasteiger partial charge in [0.05, 0.1) is 0 Å². The van der Waals surface area contributed by atoms with Gasteiger partial charge in [0.15, 0.2) is 0 Å². The largest absolute Gasteiger partial charge is 0.326 e. The Balaban J connectivity index is 2.47. The van der Waals surface area contributed by atoms with E-state index in [2.05, 4.69) is 30.6 Å². The number of hydrogen-bond acceptors (Lipinski definition) is 5. The Kier molecular flexibility index (Phi) is 4.36. The molecule has 0 aliphatic heterocycles. The van der Waals surface area contributed by atoms with Crippen LogP contribution in [0.25, 0.3) is 0 Å². The van der Waals surface area contributed by atoms with Crippen LogP contribution in [0.4, 0.5) is 5.95 Å². The van der Waals surface area contributed by atoms with Gasteiger partial charge in [-0.15, -0.1) is 0 Å². The predicted octanol–water partition coefficient (Wildman–Crippen LogP) is 1.81. The van der Waals surface area contributed by atoms with Crippen molar-refractivity contribution in [2.24, 2.45) is 5.73 Å². The van der Waals surface area contributed by atoms with Crippen LogP contribution in [-0.2, 0) is 16.6 Å². The zero-order valence-corrected chi connectivity index (χ0v) is 13.1. The van der Waals surface area contributed by atoms with Gasteiger partial charge in [0.25, 0.3) is 10.0 Å². The van der Waals surface area contributed by atoms with E-state index in [9.17, 15) is 8.42 Å². The van der Waals surface area contributed by atoms with Crippen molar-refractivity contribution in [3.05, 3.63) is 46.2 Å². The highest BCUT2D eigenvalue weighted by Crippen LogP contribution is 2.28. The van der Waals surface area contributed by atoms with E-state index in [4.69, 9.17) is 5.73 Å². The number of rotatable bonds is 4. The van der Waals surface area contributed by atoms with Crippen molar-refractivity contribution in [3.63, 3.8) is 0 Å². The molecule has 0 unspecified atom stereocenters. The van der Waals surface area contributed by atoms with E-state index < -0.39 is 10.0 Å². The summed E-state index contributed by atoms with van der Waals surface area (Å²) in [4.78, 5) is 7.80. The molecule has 0 amide bonds. The van der Waals surface area contributed by atoms with Crippen LogP contribution in [0.3, 0.4) is 0 Å². The minimum absolute atomic E-state index is 0.0233. The molecule has 0 saturated heterocycles. The van der Waals surface area contributed by atoms with Gasteiger partial charge in [-0.3, -0.25) is 0 Å². The van der Waals surface area contributed by atoms with Crippen LogP contribution in [0.1, 0.15) is 11.1 Å². The van der Waals surface area contributed by atoms with Crippen molar-refractivity contribution in [3.8, 4) is 0 Å². The fourth-order valence-corrected chi connectivity index (χ4v) is 3.68. The number of halogens is 1. The lowest BCUT2D eigenvalue weighted by atomic mass is 10.1. The molecule has 0 fully saturated rings. The van der Waals surface area contributed by atoms with E-state index in [1.807, 2.05) is 6.07 Å². The Hall–Kier alpha value is -1.51. The monoisotopic (exact) mass is 356 g/mol. The van der Waals surface area contributed by atoms with Gasteiger partial charge >= 0.3 is 0 Å². The van der Waals surface area contributed by atoms with E-state index in [0.717, 1.165) is 11.1 Å². The van der Waals surface area contributed by atoms with E-state index in [-0.39, 0.29) is 17.4 Å². The topological polar surface area (TPSA) is 98.0 Å². The molecule has 20 heavy (non-hydrogen) atoms. The maximum absolute atomic E-state index is 12.4. The first-order valence-corrected chi connectivity index (χ1v) is 8.00. The Bertz CT molecular complexity index is 720. The van der Waals surface area contributed by atoms with E-state index >= 15 is 0 Å². The second-order valence-electron chi connectivity index (χ2n) is 4.11. The van der Waals surface area contributed by atoms with Crippen LogP contribution in [0.2, 0.25) is 0 Å². The standard InChI is InChI=1S/C12H13BrN4O2S/c1-8-5-9(7-14)6-10(11(8)13)20(18,19)17-12-15-3-2-4-16-12/h2-6H,7,14H2,1H3,(H,15,16,17). The molecule has 2 aromatic rings. The fourth-order valence-electron chi connectivity index (χ4n) is 1.65. The summed E-state index contributed by atoms with van der Waals surface area (Å²) in [5, 5.41) is 0. The number of sulfonamides is 1. The number of nitrogens with two attached hydrogens (primary N) is 1. The van der Waals surface area contributed by atoms with Crippen molar-refractivity contribution < 1.29 is 8.42 Å². The van der Waals surface area contributed by atoms with Crippen molar-refractivity contribution in [2.75, 3.05) is 4.72 Å². The van der Waals surface area contributed by atoms with Crippen LogP contribution < -0.4 is 10.5 Å². The summed E-state index contributed by atoms with van der Waals surface area (Å²) in [6.45, 7) is 2.07. The second-order valence-corrected chi connectivity index (χ2v) is 6.55. The van der Waals surface area contributed by atoms with Crippen LogP contribution in [0.5, 0.6) is 0 Å². The molecule has 0 spiro atoms. The molecule has 0 atom stereocenters. The molecule has 0 aliphatic rings. The van der Waals surface area contributed by atoms with Gasteiger partial charge in [-0.05, 0) is 46.1 Å². The van der Waals surface area contributed by atoms with Gasteiger partial charge in [-0.1, -0.05) is 6.07 Å². The number of benzene rings is 1. The molecule has 1 aromatic carbocycles. The summed E-state index contributed by atoms with van der Waals surface area (Å²) < 4.78 is 27.6. The lowest BCUT2D eigenvalue weighted by Crippen LogP contribution is -2.16. The van der Waals surface area contributed by atoms with Crippen LogP contribution in [0, 0.1) is 6.92 Å². The summed E-state index contributed by atoms with van der Waals surface area (Å²) in [6.07, 6.45) is 2.92. The molecule has 106 valence electrons. The summed E-state index contributed by atoms with van der Waals surface area (Å²) in [7, 11) is -3.78. The molecule has 0 saturated carbocycles. The summed E-state index contributed by atoms with van der Waals surface area (Å²) >= 11 is 3.29. The van der Waals surface area contributed by atoms with E-state index in [1.54, 1.807) is 13.0 Å². The number of hydrogen-bond donors (Lipinski definition) is 2. The molecule has 0 aliphatic carbocycles. The number of nitrogens with zero attached hydrogens (tertiary/aromatic N) is 2. The third-order valence-electron chi connectivity index (χ3n) is 2.60. The average Bonchev–Trinajstić information content (AvgIpc) is 2.42. The van der Waals surface area contributed by atoms with Crippen LogP contribution in [0.15, 0.2) is 40.0 Å². The zero-order valence-electron chi connectivity index (χ0n) is 10.7. The molecule has 6 nitrogen and oxygen atoms in total. The lowest BCUT2D eigenvalue weighted by molar-refractivity contribution is 0.600. The molecule has 1 heterocycles. The van der Waals surface area contributed by atoms with Gasteiger partial charge in [0.1, 0.15) is 4.90 Å². The highest BCUT2D eigenvalue weighted by molar-refractivity contribution is 9.10. The van der Waals surface area contributed by atoms with Crippen molar-refractivity contribution in [2.45, 2.75) is 18.4 Å². The van der Waals surface area contributed by atoms with Crippen molar-refractivity contribution in [1.29, 1.82) is 0 Å². The smallest absolute Gasteiger partial charge is 0.265 e. The maximum Gasteiger partial charge on any atom is 0.265 e.